The van der Waals surface area contributed by atoms with Gasteiger partial charge in [0.2, 0.25) is 5.72 Å². The molecule has 0 aromatic carbocycles. The number of nitrogens with zero attached hydrogens (tertiary/aromatic N) is 2. The fourth-order valence-corrected chi connectivity index (χ4v) is 4.02. The second-order valence-corrected chi connectivity index (χ2v) is 8.82. The van der Waals surface area contributed by atoms with Gasteiger partial charge in [0.15, 0.2) is 6.30 Å². The Hall–Kier alpha value is -1.67. The fraction of sp³-hybridized carbons (Fsp3) is 0.810. The summed E-state index contributed by atoms with van der Waals surface area (Å²) >= 11 is 0. The van der Waals surface area contributed by atoms with E-state index in [2.05, 4.69) is 6.92 Å². The molecule has 1 aliphatic heterocycles. The van der Waals surface area contributed by atoms with Crippen LogP contribution in [-0.2, 0) is 10.6 Å². The van der Waals surface area contributed by atoms with Crippen molar-refractivity contribution in [2.75, 3.05) is 6.61 Å². The smallest absolute Gasteiger partial charge is 0.332 e. The number of hydrogen-bond acceptors (Lipinski definition) is 9. The molecule has 1 aromatic heterocycles. The van der Waals surface area contributed by atoms with E-state index >= 15 is 0 Å². The summed E-state index contributed by atoms with van der Waals surface area (Å²) in [6.07, 6.45) is -0.510. The molecule has 12 heteroatoms. The van der Waals surface area contributed by atoms with Gasteiger partial charge in [-0.25, -0.2) is 13.8 Å². The van der Waals surface area contributed by atoms with Gasteiger partial charge in [-0.05, 0) is 18.8 Å². The predicted octanol–water partition coefficient (Wildman–Crippen LogP) is 0.441. The van der Waals surface area contributed by atoms with Crippen LogP contribution in [0.4, 0.5) is 4.39 Å². The van der Waals surface area contributed by atoms with Crippen LogP contribution in [0.1, 0.15) is 77.2 Å². The lowest BCUT2D eigenvalue weighted by Crippen LogP contribution is -2.69. The second kappa shape index (κ2) is 11.2. The molecular weight excluding hydrogens is 441 g/mol. The van der Waals surface area contributed by atoms with Crippen LogP contribution in [0.15, 0.2) is 15.8 Å². The second-order valence-electron chi connectivity index (χ2n) is 8.82. The number of nitrogens with one attached hydrogen (secondary N) is 1. The number of unbranched alkanes of at least 4 members (excludes halogenated alkanes) is 5. The van der Waals surface area contributed by atoms with Crippen molar-refractivity contribution in [3.8, 4) is 0 Å². The molecule has 6 N–H and O–H groups in total. The summed E-state index contributed by atoms with van der Waals surface area (Å²) in [6.45, 7) is 4.40. The maximum Gasteiger partial charge on any atom is 0.332 e. The molecule has 0 bridgehead atoms. The Morgan fingerprint density at radius 2 is 1.82 bits per heavy atom. The molecule has 1 aliphatic rings. The number of hydrogen-bond donors (Lipinski definition) is 6. The monoisotopic (exact) mass is 477 g/mol. The summed E-state index contributed by atoms with van der Waals surface area (Å²) in [4.78, 5) is 26.6. The normalized spacial score (nSPS) is 28.7. The van der Waals surface area contributed by atoms with Crippen LogP contribution in [0, 0.1) is 0 Å². The molecule has 0 saturated carbocycles. The molecule has 190 valence electrons. The molecule has 0 amide bonds. The van der Waals surface area contributed by atoms with Crippen LogP contribution < -0.4 is 11.2 Å². The van der Waals surface area contributed by atoms with Gasteiger partial charge in [-0.1, -0.05) is 52.9 Å². The van der Waals surface area contributed by atoms with Crippen LogP contribution in [0.5, 0.6) is 0 Å². The van der Waals surface area contributed by atoms with Crippen LogP contribution in [0.3, 0.4) is 0 Å². The minimum Gasteiger partial charge on any atom is -0.394 e. The SMILES string of the molecule is CCCCCCCCC(F)N(O)[C@@]1(O)[C@H](O)[C@@H](CO)O[C@@]1(O)n1cc(C(C)C)c(=O)[nH]c1=O. The van der Waals surface area contributed by atoms with Gasteiger partial charge in [-0.3, -0.25) is 9.78 Å². The molecule has 0 spiro atoms. The zero-order valence-corrected chi connectivity index (χ0v) is 19.3. The van der Waals surface area contributed by atoms with Crippen LogP contribution in [0.25, 0.3) is 0 Å². The highest BCUT2D eigenvalue weighted by atomic mass is 19.1. The van der Waals surface area contributed by atoms with Crippen molar-refractivity contribution in [2.24, 2.45) is 0 Å². The number of aliphatic hydroxyl groups is 4. The molecule has 2 rings (SSSR count). The van der Waals surface area contributed by atoms with E-state index < -0.39 is 53.9 Å². The van der Waals surface area contributed by atoms with Gasteiger partial charge in [0, 0.05) is 11.8 Å². The lowest BCUT2D eigenvalue weighted by molar-refractivity contribution is -0.428. The summed E-state index contributed by atoms with van der Waals surface area (Å²) in [5.74, 6) is -3.67. The third kappa shape index (κ3) is 5.21. The van der Waals surface area contributed by atoms with Crippen LogP contribution in [0.2, 0.25) is 0 Å². The van der Waals surface area contributed by atoms with E-state index in [0.717, 1.165) is 31.9 Å². The number of ether oxygens (including phenoxy) is 1. The van der Waals surface area contributed by atoms with Gasteiger partial charge in [-0.15, -0.1) is 5.06 Å². The minimum atomic E-state index is -3.29. The lowest BCUT2D eigenvalue weighted by atomic mass is 9.99. The van der Waals surface area contributed by atoms with Gasteiger partial charge in [0.25, 0.3) is 5.56 Å². The average Bonchev–Trinajstić information content (AvgIpc) is 2.97. The molecule has 5 atom stereocenters. The summed E-state index contributed by atoms with van der Waals surface area (Å²) < 4.78 is 20.5. The van der Waals surface area contributed by atoms with Crippen molar-refractivity contribution in [1.82, 2.24) is 14.6 Å². The van der Waals surface area contributed by atoms with Crippen LogP contribution in [-0.4, -0.2) is 71.1 Å². The Bertz CT molecular complexity index is 893. The molecule has 0 aliphatic carbocycles. The van der Waals surface area contributed by atoms with Gasteiger partial charge in [0.1, 0.15) is 12.2 Å². The third-order valence-electron chi connectivity index (χ3n) is 6.07. The first-order chi connectivity index (χ1) is 15.4. The first-order valence-electron chi connectivity index (χ1n) is 11.4. The molecule has 33 heavy (non-hydrogen) atoms. The summed E-state index contributed by atoms with van der Waals surface area (Å²) in [5.41, 5.74) is -5.26. The number of aromatic nitrogens is 2. The van der Waals surface area contributed by atoms with Gasteiger partial charge >= 0.3 is 11.6 Å². The van der Waals surface area contributed by atoms with E-state index in [1.54, 1.807) is 13.8 Å². The number of hydroxylamine groups is 2. The summed E-state index contributed by atoms with van der Waals surface area (Å²) in [6, 6.07) is 0. The van der Waals surface area contributed by atoms with Crippen molar-refractivity contribution >= 4 is 0 Å². The Morgan fingerprint density at radius 1 is 1.21 bits per heavy atom. The molecular formula is C21H36FN3O8. The van der Waals surface area contributed by atoms with Crippen molar-refractivity contribution in [3.05, 3.63) is 32.6 Å². The van der Waals surface area contributed by atoms with Crippen molar-refractivity contribution in [2.45, 2.75) is 102 Å². The number of aliphatic hydroxyl groups excluding tert-OH is 2. The van der Waals surface area contributed by atoms with E-state index in [0.29, 0.717) is 17.4 Å². The molecule has 1 saturated heterocycles. The van der Waals surface area contributed by atoms with E-state index in [-0.39, 0.29) is 17.0 Å². The first kappa shape index (κ1) is 27.6. The zero-order valence-electron chi connectivity index (χ0n) is 19.3. The maximum absolute atomic E-state index is 14.9. The fourth-order valence-electron chi connectivity index (χ4n) is 4.02. The summed E-state index contributed by atoms with van der Waals surface area (Å²) in [5, 5.41) is 52.8. The summed E-state index contributed by atoms with van der Waals surface area (Å²) in [7, 11) is 0. The molecule has 1 aromatic rings. The minimum absolute atomic E-state index is 0.0179. The van der Waals surface area contributed by atoms with E-state index in [4.69, 9.17) is 4.74 Å². The topological polar surface area (TPSA) is 168 Å². The predicted molar refractivity (Wildman–Crippen MR) is 115 cm³/mol. The number of alkyl halides is 1. The molecule has 1 unspecified atom stereocenters. The largest absolute Gasteiger partial charge is 0.394 e. The Balaban J connectivity index is 2.40. The van der Waals surface area contributed by atoms with Crippen molar-refractivity contribution in [1.29, 1.82) is 0 Å². The number of rotatable bonds is 12. The molecule has 2 heterocycles. The van der Waals surface area contributed by atoms with Crippen molar-refractivity contribution in [3.63, 3.8) is 0 Å². The van der Waals surface area contributed by atoms with Gasteiger partial charge in [-0.2, -0.15) is 0 Å². The van der Waals surface area contributed by atoms with E-state index in [9.17, 15) is 39.6 Å². The van der Waals surface area contributed by atoms with E-state index in [1.807, 2.05) is 4.98 Å². The number of aromatic amines is 1. The third-order valence-corrected chi connectivity index (χ3v) is 6.07. The number of H-pyrrole nitrogens is 1. The lowest BCUT2D eigenvalue weighted by Gasteiger charge is -2.43. The molecule has 1 fully saturated rings. The molecule has 11 nitrogen and oxygen atoms in total. The standard InChI is InChI=1S/C21H36FN3O8/c1-4-5-6-7-8-9-10-16(22)25(32)20(30)17(27)15(12-26)33-21(20,31)24-11-14(13(2)3)18(28)23-19(24)29/h11,13,15-17,26-27,30-32H,4-10,12H2,1-3H3,(H,23,28,29)/t15-,16?,17-,20-,21-/m1/s1. The van der Waals surface area contributed by atoms with Crippen molar-refractivity contribution < 1.29 is 34.8 Å². The quantitative estimate of drug-likeness (QED) is 0.108. The molecule has 0 radical (unpaired) electrons. The van der Waals surface area contributed by atoms with Gasteiger partial charge < -0.3 is 30.4 Å². The van der Waals surface area contributed by atoms with E-state index in [1.165, 1.54) is 0 Å². The number of halogens is 1. The average molecular weight is 478 g/mol. The highest BCUT2D eigenvalue weighted by Gasteiger charge is 2.71. The van der Waals surface area contributed by atoms with Gasteiger partial charge in [0.05, 0.1) is 6.61 Å². The van der Waals surface area contributed by atoms with Crippen LogP contribution >= 0.6 is 0 Å². The first-order valence-corrected chi connectivity index (χ1v) is 11.4. The Kier molecular flexibility index (Phi) is 9.33. The Morgan fingerprint density at radius 3 is 2.39 bits per heavy atom. The zero-order chi connectivity index (χ0) is 25.0. The highest BCUT2D eigenvalue weighted by molar-refractivity contribution is 5.13. The highest BCUT2D eigenvalue weighted by Crippen LogP contribution is 2.44. The Labute approximate surface area is 191 Å². The maximum atomic E-state index is 14.9.